The molecule has 0 heterocycles. The van der Waals surface area contributed by atoms with E-state index in [0.29, 0.717) is 22.8 Å². The first-order chi connectivity index (χ1) is 10.1. The number of nitrogens with two attached hydrogens (primary N) is 1. The molecule has 21 heavy (non-hydrogen) atoms. The second-order valence-electron chi connectivity index (χ2n) is 4.54. The lowest BCUT2D eigenvalue weighted by molar-refractivity contribution is 0.337. The highest BCUT2D eigenvalue weighted by atomic mass is 19.1. The van der Waals surface area contributed by atoms with Crippen LogP contribution < -0.4 is 19.9 Å². The number of para-hydroxylation sites is 2. The monoisotopic (exact) mass is 291 g/mol. The Kier molecular flexibility index (Phi) is 4.65. The van der Waals surface area contributed by atoms with Gasteiger partial charge in [0.1, 0.15) is 0 Å². The van der Waals surface area contributed by atoms with Gasteiger partial charge in [-0.3, -0.25) is 0 Å². The summed E-state index contributed by atoms with van der Waals surface area (Å²) in [5.74, 6) is 0.809. The van der Waals surface area contributed by atoms with Gasteiger partial charge in [-0.1, -0.05) is 18.2 Å². The molecular formula is C16H18FNO3. The molecule has 2 N–H and O–H groups in total. The summed E-state index contributed by atoms with van der Waals surface area (Å²) >= 11 is 0. The summed E-state index contributed by atoms with van der Waals surface area (Å²) in [6, 6.07) is 9.47. The highest BCUT2D eigenvalue weighted by molar-refractivity contribution is 5.54. The van der Waals surface area contributed by atoms with E-state index >= 15 is 0 Å². The zero-order valence-electron chi connectivity index (χ0n) is 12.2. The van der Waals surface area contributed by atoms with Crippen LogP contribution in [0.2, 0.25) is 0 Å². The van der Waals surface area contributed by atoms with E-state index in [1.165, 1.54) is 20.3 Å². The van der Waals surface area contributed by atoms with Gasteiger partial charge >= 0.3 is 0 Å². The smallest absolute Gasteiger partial charge is 0.211 e. The number of rotatable bonds is 5. The van der Waals surface area contributed by atoms with Crippen molar-refractivity contribution in [2.24, 2.45) is 5.73 Å². The maximum Gasteiger partial charge on any atom is 0.211 e. The minimum Gasteiger partial charge on any atom is -0.493 e. The molecule has 2 aromatic rings. The highest BCUT2D eigenvalue weighted by Crippen LogP contribution is 2.42. The van der Waals surface area contributed by atoms with E-state index in [9.17, 15) is 4.39 Å². The Morgan fingerprint density at radius 2 is 1.52 bits per heavy atom. The van der Waals surface area contributed by atoms with Crippen LogP contribution in [0.5, 0.6) is 23.0 Å². The molecular weight excluding hydrogens is 273 g/mol. The molecule has 4 nitrogen and oxygen atoms in total. The fourth-order valence-electron chi connectivity index (χ4n) is 2.01. The molecule has 0 saturated heterocycles. The second-order valence-corrected chi connectivity index (χ2v) is 4.54. The Hall–Kier alpha value is -2.27. The number of benzene rings is 2. The van der Waals surface area contributed by atoms with Crippen molar-refractivity contribution in [2.75, 3.05) is 14.2 Å². The summed E-state index contributed by atoms with van der Waals surface area (Å²) in [6.07, 6.45) is 0. The molecule has 2 aromatic carbocycles. The van der Waals surface area contributed by atoms with E-state index in [2.05, 4.69) is 0 Å². The number of ether oxygens (including phenoxy) is 3. The van der Waals surface area contributed by atoms with Crippen LogP contribution in [0, 0.1) is 5.82 Å². The summed E-state index contributed by atoms with van der Waals surface area (Å²) < 4.78 is 30.3. The maximum atomic E-state index is 14.1. The molecule has 0 aliphatic carbocycles. The average Bonchev–Trinajstić information content (AvgIpc) is 2.49. The van der Waals surface area contributed by atoms with Gasteiger partial charge < -0.3 is 19.9 Å². The first-order valence-corrected chi connectivity index (χ1v) is 6.51. The van der Waals surface area contributed by atoms with Crippen molar-refractivity contribution in [1.29, 1.82) is 0 Å². The van der Waals surface area contributed by atoms with Crippen LogP contribution in [0.15, 0.2) is 36.4 Å². The van der Waals surface area contributed by atoms with Gasteiger partial charge in [0.25, 0.3) is 0 Å². The van der Waals surface area contributed by atoms with Gasteiger partial charge in [-0.2, -0.15) is 0 Å². The Bertz CT molecular complexity index is 607. The van der Waals surface area contributed by atoms with E-state index in [-0.39, 0.29) is 11.8 Å². The largest absolute Gasteiger partial charge is 0.493 e. The van der Waals surface area contributed by atoms with E-state index < -0.39 is 5.82 Å². The number of methoxy groups -OCH3 is 2. The second kappa shape index (κ2) is 6.45. The molecule has 112 valence electrons. The average molecular weight is 291 g/mol. The molecule has 0 radical (unpaired) electrons. The van der Waals surface area contributed by atoms with Crippen molar-refractivity contribution in [2.45, 2.75) is 13.0 Å². The first kappa shape index (κ1) is 15.1. The van der Waals surface area contributed by atoms with Gasteiger partial charge in [0, 0.05) is 11.6 Å². The SMILES string of the molecule is COc1cccc(OC)c1Oc1c(F)cccc1[C@H](C)N. The third kappa shape index (κ3) is 3.08. The zero-order valence-corrected chi connectivity index (χ0v) is 12.2. The van der Waals surface area contributed by atoms with Crippen LogP contribution >= 0.6 is 0 Å². The molecule has 1 atom stereocenters. The van der Waals surface area contributed by atoms with E-state index in [1.807, 2.05) is 0 Å². The predicted octanol–water partition coefficient (Wildman–Crippen LogP) is 3.65. The van der Waals surface area contributed by atoms with Crippen LogP contribution in [0.4, 0.5) is 4.39 Å². The maximum absolute atomic E-state index is 14.1. The van der Waals surface area contributed by atoms with Crippen molar-refractivity contribution in [3.63, 3.8) is 0 Å². The number of halogens is 1. The van der Waals surface area contributed by atoms with Crippen molar-refractivity contribution in [3.05, 3.63) is 47.8 Å². The topological polar surface area (TPSA) is 53.7 Å². The quantitative estimate of drug-likeness (QED) is 0.913. The van der Waals surface area contributed by atoms with Crippen LogP contribution in [0.25, 0.3) is 0 Å². The third-order valence-electron chi connectivity index (χ3n) is 3.07. The van der Waals surface area contributed by atoms with Crippen LogP contribution in [-0.4, -0.2) is 14.2 Å². The lowest BCUT2D eigenvalue weighted by atomic mass is 10.1. The molecule has 0 saturated carbocycles. The van der Waals surface area contributed by atoms with Gasteiger partial charge in [0.2, 0.25) is 5.75 Å². The van der Waals surface area contributed by atoms with Crippen LogP contribution in [0.3, 0.4) is 0 Å². The predicted molar refractivity (Wildman–Crippen MR) is 78.6 cm³/mol. The Balaban J connectivity index is 2.53. The Morgan fingerprint density at radius 3 is 2.05 bits per heavy atom. The normalized spacial score (nSPS) is 11.9. The lowest BCUT2D eigenvalue weighted by Gasteiger charge is -2.17. The number of hydrogen-bond acceptors (Lipinski definition) is 4. The zero-order chi connectivity index (χ0) is 15.4. The Morgan fingerprint density at radius 1 is 0.952 bits per heavy atom. The molecule has 0 aliphatic heterocycles. The fraction of sp³-hybridized carbons (Fsp3) is 0.250. The number of hydrogen-bond donors (Lipinski definition) is 1. The first-order valence-electron chi connectivity index (χ1n) is 6.51. The van der Waals surface area contributed by atoms with Gasteiger partial charge in [-0.05, 0) is 25.1 Å². The molecule has 0 amide bonds. The Labute approximate surface area is 123 Å². The lowest BCUT2D eigenvalue weighted by Crippen LogP contribution is -2.08. The van der Waals surface area contributed by atoms with Crippen molar-refractivity contribution in [1.82, 2.24) is 0 Å². The summed E-state index contributed by atoms with van der Waals surface area (Å²) in [5, 5.41) is 0. The summed E-state index contributed by atoms with van der Waals surface area (Å²) in [7, 11) is 3.02. The van der Waals surface area contributed by atoms with Gasteiger partial charge in [0.15, 0.2) is 23.1 Å². The summed E-state index contributed by atoms with van der Waals surface area (Å²) in [6.45, 7) is 1.76. The minimum absolute atomic E-state index is 0.0790. The third-order valence-corrected chi connectivity index (χ3v) is 3.07. The fourth-order valence-corrected chi connectivity index (χ4v) is 2.01. The molecule has 0 unspecified atom stereocenters. The molecule has 0 bridgehead atoms. The molecule has 0 spiro atoms. The van der Waals surface area contributed by atoms with E-state index in [1.54, 1.807) is 37.3 Å². The summed E-state index contributed by atoms with van der Waals surface area (Å²) in [5.41, 5.74) is 6.44. The van der Waals surface area contributed by atoms with Crippen LogP contribution in [0.1, 0.15) is 18.5 Å². The van der Waals surface area contributed by atoms with Crippen LogP contribution in [-0.2, 0) is 0 Å². The van der Waals surface area contributed by atoms with Crippen molar-refractivity contribution < 1.29 is 18.6 Å². The summed E-state index contributed by atoms with van der Waals surface area (Å²) in [4.78, 5) is 0. The molecule has 2 rings (SSSR count). The van der Waals surface area contributed by atoms with Crippen molar-refractivity contribution in [3.8, 4) is 23.0 Å². The van der Waals surface area contributed by atoms with Crippen molar-refractivity contribution >= 4 is 0 Å². The standard InChI is InChI=1S/C16H18FNO3/c1-10(18)11-6-4-7-12(17)15(11)21-16-13(19-2)8-5-9-14(16)20-3/h4-10H,18H2,1-3H3/t10-/m0/s1. The van der Waals surface area contributed by atoms with E-state index in [0.717, 1.165) is 0 Å². The van der Waals surface area contributed by atoms with Gasteiger partial charge in [-0.15, -0.1) is 0 Å². The minimum atomic E-state index is -0.488. The molecule has 0 aliphatic rings. The van der Waals surface area contributed by atoms with Gasteiger partial charge in [0.05, 0.1) is 14.2 Å². The van der Waals surface area contributed by atoms with E-state index in [4.69, 9.17) is 19.9 Å². The highest BCUT2D eigenvalue weighted by Gasteiger charge is 2.18. The molecule has 0 fully saturated rings. The molecule has 0 aromatic heterocycles. The van der Waals surface area contributed by atoms with Gasteiger partial charge in [-0.25, -0.2) is 4.39 Å². The molecule has 5 heteroatoms.